The van der Waals surface area contributed by atoms with Crippen molar-refractivity contribution < 1.29 is 0 Å². The fourth-order valence-corrected chi connectivity index (χ4v) is 2.00. The molecule has 0 fully saturated rings. The van der Waals surface area contributed by atoms with Crippen LogP contribution in [-0.4, -0.2) is 19.0 Å². The zero-order valence-electron chi connectivity index (χ0n) is 10.8. The summed E-state index contributed by atoms with van der Waals surface area (Å²) in [6, 6.07) is 6.76. The Morgan fingerprint density at radius 3 is 2.31 bits per heavy atom. The molecule has 16 heavy (non-hydrogen) atoms. The summed E-state index contributed by atoms with van der Waals surface area (Å²) in [5, 5.41) is 8.88. The molecule has 0 N–H and O–H groups in total. The summed E-state index contributed by atoms with van der Waals surface area (Å²) >= 11 is 0. The minimum Gasteiger partial charge on any atom is -0.301 e. The molecule has 0 bridgehead atoms. The molecule has 1 aromatic carbocycles. The number of hydrogen-bond donors (Lipinski definition) is 0. The summed E-state index contributed by atoms with van der Waals surface area (Å²) in [7, 11) is 4.05. The zero-order chi connectivity index (χ0) is 12.3. The van der Waals surface area contributed by atoms with Gasteiger partial charge < -0.3 is 4.90 Å². The Hall–Kier alpha value is -1.33. The number of nitrogens with zero attached hydrogens (tertiary/aromatic N) is 2. The molecule has 0 aliphatic rings. The highest BCUT2D eigenvalue weighted by atomic mass is 15.1. The summed E-state index contributed by atoms with van der Waals surface area (Å²) in [6.07, 6.45) is 0.538. The second-order valence-electron chi connectivity index (χ2n) is 4.56. The van der Waals surface area contributed by atoms with Crippen LogP contribution in [0.4, 0.5) is 0 Å². The highest BCUT2D eigenvalue weighted by molar-refractivity contribution is 5.40. The lowest BCUT2D eigenvalue weighted by atomic mass is 9.92. The molecule has 0 saturated carbocycles. The van der Waals surface area contributed by atoms with E-state index in [1.54, 1.807) is 0 Å². The first-order valence-corrected chi connectivity index (χ1v) is 5.59. The van der Waals surface area contributed by atoms with Crippen molar-refractivity contribution in [3.63, 3.8) is 0 Å². The molecule has 0 heterocycles. The number of rotatable bonds is 3. The van der Waals surface area contributed by atoms with E-state index < -0.39 is 0 Å². The van der Waals surface area contributed by atoms with E-state index in [-0.39, 0.29) is 6.04 Å². The van der Waals surface area contributed by atoms with Gasteiger partial charge in [0.25, 0.3) is 0 Å². The molecule has 1 rings (SSSR count). The van der Waals surface area contributed by atoms with Gasteiger partial charge in [-0.15, -0.1) is 0 Å². The molecule has 0 aliphatic heterocycles. The first-order chi connectivity index (χ1) is 7.49. The van der Waals surface area contributed by atoms with Crippen LogP contribution in [0.3, 0.4) is 0 Å². The van der Waals surface area contributed by atoms with E-state index in [0.29, 0.717) is 6.42 Å². The number of nitriles is 1. The van der Waals surface area contributed by atoms with Crippen LogP contribution in [0.2, 0.25) is 0 Å². The van der Waals surface area contributed by atoms with E-state index in [4.69, 9.17) is 5.26 Å². The molecule has 2 heteroatoms. The quantitative estimate of drug-likeness (QED) is 0.776. The van der Waals surface area contributed by atoms with Gasteiger partial charge in [0.05, 0.1) is 12.5 Å². The van der Waals surface area contributed by atoms with Crippen LogP contribution in [0.25, 0.3) is 0 Å². The summed E-state index contributed by atoms with van der Waals surface area (Å²) in [6.45, 7) is 6.42. The third kappa shape index (κ3) is 2.43. The Bertz CT molecular complexity index is 413. The average Bonchev–Trinajstić information content (AvgIpc) is 2.24. The second kappa shape index (κ2) is 5.14. The minimum absolute atomic E-state index is 0.198. The third-order valence-corrected chi connectivity index (χ3v) is 3.37. The molecule has 2 nitrogen and oxygen atoms in total. The van der Waals surface area contributed by atoms with Gasteiger partial charge in [0, 0.05) is 6.04 Å². The molecular formula is C14H20N2. The average molecular weight is 216 g/mol. The van der Waals surface area contributed by atoms with Crippen LogP contribution >= 0.6 is 0 Å². The Labute approximate surface area is 98.5 Å². The van der Waals surface area contributed by atoms with Crippen molar-refractivity contribution in [1.29, 1.82) is 5.26 Å². The van der Waals surface area contributed by atoms with Crippen LogP contribution in [0.1, 0.15) is 34.7 Å². The van der Waals surface area contributed by atoms with Gasteiger partial charge in [0.15, 0.2) is 0 Å². The number of hydrogen-bond acceptors (Lipinski definition) is 2. The zero-order valence-corrected chi connectivity index (χ0v) is 10.8. The molecule has 0 amide bonds. The fraction of sp³-hybridized carbons (Fsp3) is 0.500. The highest BCUT2D eigenvalue weighted by Crippen LogP contribution is 2.27. The Morgan fingerprint density at radius 1 is 1.19 bits per heavy atom. The molecule has 86 valence electrons. The van der Waals surface area contributed by atoms with Gasteiger partial charge >= 0.3 is 0 Å². The van der Waals surface area contributed by atoms with Crippen molar-refractivity contribution in [3.8, 4) is 6.07 Å². The molecule has 0 radical (unpaired) electrons. The van der Waals surface area contributed by atoms with Gasteiger partial charge in [0.2, 0.25) is 0 Å². The van der Waals surface area contributed by atoms with Crippen molar-refractivity contribution in [2.75, 3.05) is 14.1 Å². The third-order valence-electron chi connectivity index (χ3n) is 3.37. The molecule has 1 unspecified atom stereocenters. The lowest BCUT2D eigenvalue weighted by molar-refractivity contribution is 0.302. The summed E-state index contributed by atoms with van der Waals surface area (Å²) in [5.74, 6) is 0. The smallest absolute Gasteiger partial charge is 0.0641 e. The van der Waals surface area contributed by atoms with Crippen LogP contribution in [0, 0.1) is 32.1 Å². The SMILES string of the molecule is Cc1ccc(C(CC#N)N(C)C)c(C)c1C. The largest absolute Gasteiger partial charge is 0.301 e. The Morgan fingerprint density at radius 2 is 1.81 bits per heavy atom. The molecule has 0 spiro atoms. The van der Waals surface area contributed by atoms with E-state index in [2.05, 4.69) is 43.9 Å². The van der Waals surface area contributed by atoms with E-state index in [1.165, 1.54) is 22.3 Å². The van der Waals surface area contributed by atoms with Gasteiger partial charge in [-0.2, -0.15) is 5.26 Å². The standard InChI is InChI=1S/C14H20N2/c1-10-6-7-13(12(3)11(10)2)14(8-9-15)16(4)5/h6-7,14H,8H2,1-5H3. The van der Waals surface area contributed by atoms with Gasteiger partial charge in [-0.1, -0.05) is 12.1 Å². The van der Waals surface area contributed by atoms with Gasteiger partial charge in [-0.3, -0.25) is 0 Å². The van der Waals surface area contributed by atoms with Crippen molar-refractivity contribution in [2.24, 2.45) is 0 Å². The van der Waals surface area contributed by atoms with Crippen LogP contribution < -0.4 is 0 Å². The first-order valence-electron chi connectivity index (χ1n) is 5.59. The molecule has 0 aromatic heterocycles. The van der Waals surface area contributed by atoms with Gasteiger partial charge in [-0.05, 0) is 57.1 Å². The first kappa shape index (κ1) is 12.7. The minimum atomic E-state index is 0.198. The van der Waals surface area contributed by atoms with Crippen molar-refractivity contribution in [3.05, 3.63) is 34.4 Å². The van der Waals surface area contributed by atoms with Crippen molar-refractivity contribution >= 4 is 0 Å². The maximum absolute atomic E-state index is 8.88. The Kier molecular flexibility index (Phi) is 4.09. The molecule has 1 atom stereocenters. The molecule has 0 saturated heterocycles. The Balaban J connectivity index is 3.21. The van der Waals surface area contributed by atoms with E-state index in [0.717, 1.165) is 0 Å². The summed E-state index contributed by atoms with van der Waals surface area (Å²) in [4.78, 5) is 2.11. The van der Waals surface area contributed by atoms with E-state index in [1.807, 2.05) is 14.1 Å². The van der Waals surface area contributed by atoms with E-state index in [9.17, 15) is 0 Å². The second-order valence-corrected chi connectivity index (χ2v) is 4.56. The number of benzene rings is 1. The van der Waals surface area contributed by atoms with Crippen molar-refractivity contribution in [2.45, 2.75) is 33.2 Å². The topological polar surface area (TPSA) is 27.0 Å². The highest BCUT2D eigenvalue weighted by Gasteiger charge is 2.17. The van der Waals surface area contributed by atoms with Crippen molar-refractivity contribution in [1.82, 2.24) is 4.90 Å². The normalized spacial score (nSPS) is 12.6. The van der Waals surface area contributed by atoms with Crippen LogP contribution in [0.15, 0.2) is 12.1 Å². The lowest BCUT2D eigenvalue weighted by Crippen LogP contribution is -2.20. The fourth-order valence-electron chi connectivity index (χ4n) is 2.00. The van der Waals surface area contributed by atoms with E-state index >= 15 is 0 Å². The summed E-state index contributed by atoms with van der Waals surface area (Å²) in [5.41, 5.74) is 5.24. The predicted molar refractivity (Wildman–Crippen MR) is 67.3 cm³/mol. The van der Waals surface area contributed by atoms with Gasteiger partial charge in [-0.25, -0.2) is 0 Å². The van der Waals surface area contributed by atoms with Gasteiger partial charge in [0.1, 0.15) is 0 Å². The maximum atomic E-state index is 8.88. The monoisotopic (exact) mass is 216 g/mol. The summed E-state index contributed by atoms with van der Waals surface area (Å²) < 4.78 is 0. The van der Waals surface area contributed by atoms with Crippen LogP contribution in [-0.2, 0) is 0 Å². The molecule has 0 aliphatic carbocycles. The molecular weight excluding hydrogens is 196 g/mol. The maximum Gasteiger partial charge on any atom is 0.0641 e. The molecule has 1 aromatic rings. The van der Waals surface area contributed by atoms with Crippen LogP contribution in [0.5, 0.6) is 0 Å². The lowest BCUT2D eigenvalue weighted by Gasteiger charge is -2.25. The predicted octanol–water partition coefficient (Wildman–Crippen LogP) is 3.13. The number of aryl methyl sites for hydroxylation is 1.